The Morgan fingerprint density at radius 3 is 2.57 bits per heavy atom. The number of nitrogens with zero attached hydrogens (tertiary/aromatic N) is 3. The van der Waals surface area contributed by atoms with E-state index in [4.69, 9.17) is 4.74 Å². The molecule has 1 heterocycles. The highest BCUT2D eigenvalue weighted by molar-refractivity contribution is 5.90. The lowest BCUT2D eigenvalue weighted by atomic mass is 10.1. The van der Waals surface area contributed by atoms with Crippen molar-refractivity contribution in [1.82, 2.24) is 4.57 Å². The molecule has 2 aromatic rings. The molecule has 2 rings (SSSR count). The van der Waals surface area contributed by atoms with Crippen LogP contribution in [-0.4, -0.2) is 42.7 Å². The zero-order valence-electron chi connectivity index (χ0n) is 15.9. The van der Waals surface area contributed by atoms with Gasteiger partial charge in [0, 0.05) is 26.5 Å². The largest absolute Gasteiger partial charge is 0.494 e. The summed E-state index contributed by atoms with van der Waals surface area (Å²) in [5.74, 6) is -0.710. The van der Waals surface area contributed by atoms with Crippen LogP contribution in [0.4, 0.5) is 5.69 Å². The molecule has 146 valence electrons. The zero-order chi connectivity index (χ0) is 20.7. The average molecular weight is 383 g/mol. The predicted octanol–water partition coefficient (Wildman–Crippen LogP) is 2.31. The zero-order valence-corrected chi connectivity index (χ0v) is 15.9. The molecule has 0 aliphatic rings. The van der Waals surface area contributed by atoms with Crippen molar-refractivity contribution in [3.8, 4) is 11.9 Å². The van der Waals surface area contributed by atoms with Crippen molar-refractivity contribution < 1.29 is 19.4 Å². The molecule has 8 nitrogen and oxygen atoms in total. The molecule has 0 saturated heterocycles. The molecule has 0 spiro atoms. The summed E-state index contributed by atoms with van der Waals surface area (Å²) in [7, 11) is 2.84. The topological polar surface area (TPSA) is 114 Å². The monoisotopic (exact) mass is 383 g/mol. The highest BCUT2D eigenvalue weighted by atomic mass is 16.5. The molecule has 0 saturated carbocycles. The van der Waals surface area contributed by atoms with Crippen LogP contribution in [0, 0.1) is 18.3 Å². The highest BCUT2D eigenvalue weighted by Crippen LogP contribution is 2.22. The minimum Gasteiger partial charge on any atom is -0.494 e. The fourth-order valence-electron chi connectivity index (χ4n) is 2.64. The van der Waals surface area contributed by atoms with Crippen molar-refractivity contribution in [1.29, 1.82) is 5.26 Å². The van der Waals surface area contributed by atoms with Gasteiger partial charge in [-0.3, -0.25) is 14.4 Å². The van der Waals surface area contributed by atoms with Crippen LogP contribution in [0.3, 0.4) is 0 Å². The first-order valence-corrected chi connectivity index (χ1v) is 8.52. The van der Waals surface area contributed by atoms with E-state index in [0.717, 1.165) is 4.57 Å². The van der Waals surface area contributed by atoms with E-state index in [1.165, 1.54) is 13.3 Å². The number of aliphatic imine (C=N–C) groups is 1. The quantitative estimate of drug-likeness (QED) is 0.446. The van der Waals surface area contributed by atoms with Gasteiger partial charge in [-0.25, -0.2) is 4.79 Å². The van der Waals surface area contributed by atoms with Crippen LogP contribution in [-0.2, 0) is 16.0 Å². The standard InChI is InChI=1S/C20H21N3O5/c1-13-16(11-21)18(24)23(9-4-10-27-2)19(25)17(13)12-22-15-7-5-14(6-8-15)20(26)28-3/h5-8,12,25H,4,9-10H2,1-3H3. The third-order valence-corrected chi connectivity index (χ3v) is 4.21. The summed E-state index contributed by atoms with van der Waals surface area (Å²) < 4.78 is 10.8. The summed E-state index contributed by atoms with van der Waals surface area (Å²) in [4.78, 5) is 28.2. The van der Waals surface area contributed by atoms with E-state index in [1.54, 1.807) is 38.3 Å². The number of methoxy groups -OCH3 is 2. The molecule has 0 aliphatic heterocycles. The lowest BCUT2D eigenvalue weighted by molar-refractivity contribution is 0.0601. The van der Waals surface area contributed by atoms with E-state index in [2.05, 4.69) is 9.73 Å². The molecule has 8 heteroatoms. The van der Waals surface area contributed by atoms with Crippen LogP contribution in [0.5, 0.6) is 5.88 Å². The number of carbonyl (C=O) groups excluding carboxylic acids is 1. The van der Waals surface area contributed by atoms with Gasteiger partial charge in [0.25, 0.3) is 5.56 Å². The van der Waals surface area contributed by atoms with Gasteiger partial charge >= 0.3 is 5.97 Å². The molecule has 1 aromatic heterocycles. The number of aromatic nitrogens is 1. The smallest absolute Gasteiger partial charge is 0.337 e. The van der Waals surface area contributed by atoms with Crippen LogP contribution in [0.15, 0.2) is 34.1 Å². The molecule has 0 bridgehead atoms. The summed E-state index contributed by atoms with van der Waals surface area (Å²) in [5.41, 5.74) is 0.959. The summed E-state index contributed by atoms with van der Waals surface area (Å²) >= 11 is 0. The van der Waals surface area contributed by atoms with Crippen molar-refractivity contribution in [3.05, 3.63) is 56.9 Å². The number of benzene rings is 1. The molecule has 0 unspecified atom stereocenters. The molecule has 0 atom stereocenters. The van der Waals surface area contributed by atoms with Gasteiger partial charge in [-0.2, -0.15) is 5.26 Å². The fourth-order valence-corrected chi connectivity index (χ4v) is 2.64. The summed E-state index contributed by atoms with van der Waals surface area (Å²) in [6.45, 7) is 2.21. The van der Waals surface area contributed by atoms with Gasteiger partial charge < -0.3 is 14.6 Å². The van der Waals surface area contributed by atoms with Crippen LogP contribution in [0.1, 0.15) is 33.5 Å². The predicted molar refractivity (Wildman–Crippen MR) is 103 cm³/mol. The lowest BCUT2D eigenvalue weighted by Gasteiger charge is -2.13. The Morgan fingerprint density at radius 2 is 2.00 bits per heavy atom. The van der Waals surface area contributed by atoms with Crippen molar-refractivity contribution in [2.45, 2.75) is 19.9 Å². The van der Waals surface area contributed by atoms with Gasteiger partial charge in [-0.05, 0) is 43.2 Å². The molecule has 1 N–H and O–H groups in total. The van der Waals surface area contributed by atoms with Gasteiger partial charge in [0.1, 0.15) is 11.6 Å². The van der Waals surface area contributed by atoms with Crippen LogP contribution < -0.4 is 5.56 Å². The Hall–Kier alpha value is -3.44. The summed E-state index contributed by atoms with van der Waals surface area (Å²) in [5, 5.41) is 19.9. The highest BCUT2D eigenvalue weighted by Gasteiger charge is 2.17. The molecule has 0 amide bonds. The Bertz CT molecular complexity index is 985. The normalized spacial score (nSPS) is 10.8. The first-order valence-electron chi connectivity index (χ1n) is 8.52. The molecule has 0 fully saturated rings. The number of hydrogen-bond donors (Lipinski definition) is 1. The molecule has 28 heavy (non-hydrogen) atoms. The van der Waals surface area contributed by atoms with Crippen molar-refractivity contribution >= 4 is 17.9 Å². The third kappa shape index (κ3) is 4.45. The third-order valence-electron chi connectivity index (χ3n) is 4.21. The maximum absolute atomic E-state index is 12.4. The first-order chi connectivity index (χ1) is 13.4. The minimum atomic E-state index is -0.548. The maximum atomic E-state index is 12.4. The van der Waals surface area contributed by atoms with Crippen LogP contribution >= 0.6 is 0 Å². The van der Waals surface area contributed by atoms with Crippen LogP contribution in [0.25, 0.3) is 0 Å². The second-order valence-electron chi connectivity index (χ2n) is 5.95. The molecule has 1 aromatic carbocycles. The average Bonchev–Trinajstić information content (AvgIpc) is 2.70. The van der Waals surface area contributed by atoms with Crippen molar-refractivity contribution in [3.63, 3.8) is 0 Å². The molecular weight excluding hydrogens is 362 g/mol. The Morgan fingerprint density at radius 1 is 1.32 bits per heavy atom. The minimum absolute atomic E-state index is 0.0438. The Labute approximate surface area is 162 Å². The number of pyridine rings is 1. The van der Waals surface area contributed by atoms with E-state index in [0.29, 0.717) is 29.8 Å². The molecule has 0 aliphatic carbocycles. The number of aromatic hydroxyl groups is 1. The number of nitriles is 1. The number of esters is 1. The van der Waals surface area contributed by atoms with E-state index < -0.39 is 11.5 Å². The SMILES string of the molecule is COCCCn1c(O)c(C=Nc2ccc(C(=O)OC)cc2)c(C)c(C#N)c1=O. The van der Waals surface area contributed by atoms with Gasteiger partial charge in [0.15, 0.2) is 0 Å². The summed E-state index contributed by atoms with van der Waals surface area (Å²) in [6, 6.07) is 8.27. The van der Waals surface area contributed by atoms with E-state index in [-0.39, 0.29) is 23.6 Å². The number of rotatable bonds is 7. The van der Waals surface area contributed by atoms with Crippen molar-refractivity contribution in [2.24, 2.45) is 4.99 Å². The van der Waals surface area contributed by atoms with Gasteiger partial charge in [0.2, 0.25) is 5.88 Å². The van der Waals surface area contributed by atoms with E-state index in [9.17, 15) is 20.0 Å². The number of carbonyl (C=O) groups is 1. The van der Waals surface area contributed by atoms with Crippen LogP contribution in [0.2, 0.25) is 0 Å². The number of hydrogen-bond acceptors (Lipinski definition) is 7. The van der Waals surface area contributed by atoms with E-state index in [1.807, 2.05) is 6.07 Å². The lowest BCUT2D eigenvalue weighted by Crippen LogP contribution is -2.26. The Kier molecular flexibility index (Phi) is 7.07. The maximum Gasteiger partial charge on any atom is 0.337 e. The van der Waals surface area contributed by atoms with Gasteiger partial charge in [0.05, 0.1) is 23.9 Å². The molecule has 0 radical (unpaired) electrons. The molecular formula is C20H21N3O5. The fraction of sp³-hybridized carbons (Fsp3) is 0.300. The summed E-state index contributed by atoms with van der Waals surface area (Å²) in [6.07, 6.45) is 1.90. The second-order valence-corrected chi connectivity index (χ2v) is 5.95. The Balaban J connectivity index is 2.42. The first kappa shape index (κ1) is 20.9. The second kappa shape index (κ2) is 9.48. The van der Waals surface area contributed by atoms with Gasteiger partial charge in [-0.1, -0.05) is 0 Å². The van der Waals surface area contributed by atoms with Crippen molar-refractivity contribution in [2.75, 3.05) is 20.8 Å². The van der Waals surface area contributed by atoms with Gasteiger partial charge in [-0.15, -0.1) is 0 Å². The van der Waals surface area contributed by atoms with E-state index >= 15 is 0 Å². The number of ether oxygens (including phenoxy) is 2.